The first-order chi connectivity index (χ1) is 11.5. The fourth-order valence-corrected chi connectivity index (χ4v) is 3.14. The number of rotatable bonds is 4. The molecule has 0 N–H and O–H groups in total. The summed E-state index contributed by atoms with van der Waals surface area (Å²) in [6.07, 6.45) is -3.61. The maximum absolute atomic E-state index is 12.8. The molecule has 1 aromatic carbocycles. The Kier molecular flexibility index (Phi) is 5.20. The van der Waals surface area contributed by atoms with Crippen LogP contribution in [-0.4, -0.2) is 17.7 Å². The molecule has 0 saturated heterocycles. The standard InChI is InChI=1S/C19H19F3O3/c1-10(9-11(2)23)18-17(16(12(3)24)13(4)25-18)14-5-7-15(8-6-14)19(20,21)22/h5-9,17-18H,1-4H3/b10-9-/t17-,18+/m1/s1. The lowest BCUT2D eigenvalue weighted by atomic mass is 9.82. The van der Waals surface area contributed by atoms with Gasteiger partial charge in [-0.3, -0.25) is 9.59 Å². The number of benzene rings is 1. The van der Waals surface area contributed by atoms with Crippen LogP contribution >= 0.6 is 0 Å². The highest BCUT2D eigenvalue weighted by atomic mass is 19.4. The van der Waals surface area contributed by atoms with Gasteiger partial charge in [-0.25, -0.2) is 0 Å². The lowest BCUT2D eigenvalue weighted by molar-refractivity contribution is -0.137. The molecule has 2 atom stereocenters. The monoisotopic (exact) mass is 352 g/mol. The Morgan fingerprint density at radius 3 is 2.08 bits per heavy atom. The molecule has 6 heteroatoms. The summed E-state index contributed by atoms with van der Waals surface area (Å²) in [4.78, 5) is 23.4. The van der Waals surface area contributed by atoms with Crippen molar-refractivity contribution in [3.05, 3.63) is 58.4 Å². The van der Waals surface area contributed by atoms with E-state index in [0.717, 1.165) is 12.1 Å². The average molecular weight is 352 g/mol. The first kappa shape index (κ1) is 19.0. The minimum absolute atomic E-state index is 0.166. The molecule has 0 aliphatic carbocycles. The van der Waals surface area contributed by atoms with Crippen LogP contribution < -0.4 is 0 Å². The summed E-state index contributed by atoms with van der Waals surface area (Å²) < 4.78 is 44.1. The second-order valence-electron chi connectivity index (χ2n) is 6.16. The predicted octanol–water partition coefficient (Wildman–Crippen LogP) is 4.59. The zero-order valence-electron chi connectivity index (χ0n) is 14.4. The van der Waals surface area contributed by atoms with Crippen molar-refractivity contribution in [1.82, 2.24) is 0 Å². The van der Waals surface area contributed by atoms with Crippen molar-refractivity contribution in [2.45, 2.75) is 45.9 Å². The topological polar surface area (TPSA) is 43.4 Å². The summed E-state index contributed by atoms with van der Waals surface area (Å²) in [7, 11) is 0. The Morgan fingerprint density at radius 1 is 1.08 bits per heavy atom. The van der Waals surface area contributed by atoms with Gasteiger partial charge in [-0.2, -0.15) is 13.2 Å². The third-order valence-electron chi connectivity index (χ3n) is 4.15. The van der Waals surface area contributed by atoms with Crippen molar-refractivity contribution >= 4 is 11.6 Å². The zero-order valence-corrected chi connectivity index (χ0v) is 14.4. The SMILES string of the molecule is CC(=O)/C=C(/C)[C@@H]1OC(C)=C(C(C)=O)[C@H]1c1ccc(C(F)(F)F)cc1. The van der Waals surface area contributed by atoms with Crippen LogP contribution in [0, 0.1) is 0 Å². The van der Waals surface area contributed by atoms with E-state index in [1.54, 1.807) is 13.8 Å². The normalized spacial score (nSPS) is 21.3. The van der Waals surface area contributed by atoms with Gasteiger partial charge >= 0.3 is 6.18 Å². The Labute approximate surface area is 144 Å². The van der Waals surface area contributed by atoms with Crippen LogP contribution in [-0.2, 0) is 20.5 Å². The average Bonchev–Trinajstić information content (AvgIpc) is 2.83. The van der Waals surface area contributed by atoms with Gasteiger partial charge in [-0.05, 0) is 57.0 Å². The molecule has 0 amide bonds. The first-order valence-electron chi connectivity index (χ1n) is 7.76. The van der Waals surface area contributed by atoms with Gasteiger partial charge in [0.25, 0.3) is 0 Å². The Hall–Kier alpha value is -2.37. The number of hydrogen-bond donors (Lipinski definition) is 0. The third kappa shape index (κ3) is 4.00. The van der Waals surface area contributed by atoms with Crippen molar-refractivity contribution in [1.29, 1.82) is 0 Å². The molecule has 2 rings (SSSR count). The van der Waals surface area contributed by atoms with Crippen LogP contribution in [0.15, 0.2) is 47.2 Å². The molecule has 25 heavy (non-hydrogen) atoms. The predicted molar refractivity (Wildman–Crippen MR) is 86.9 cm³/mol. The molecule has 1 aliphatic heterocycles. The van der Waals surface area contributed by atoms with E-state index in [4.69, 9.17) is 4.74 Å². The molecule has 0 unspecified atom stereocenters. The number of carbonyl (C=O) groups is 2. The molecule has 1 heterocycles. The molecular weight excluding hydrogens is 333 g/mol. The first-order valence-corrected chi connectivity index (χ1v) is 7.76. The van der Waals surface area contributed by atoms with E-state index in [9.17, 15) is 22.8 Å². The van der Waals surface area contributed by atoms with E-state index in [0.29, 0.717) is 22.5 Å². The number of halogens is 3. The van der Waals surface area contributed by atoms with Gasteiger partial charge in [-0.15, -0.1) is 0 Å². The minimum Gasteiger partial charge on any atom is -0.489 e. The van der Waals surface area contributed by atoms with Crippen molar-refractivity contribution in [3.63, 3.8) is 0 Å². The fraction of sp³-hybridized carbons (Fsp3) is 0.368. The van der Waals surface area contributed by atoms with Crippen molar-refractivity contribution in [2.24, 2.45) is 0 Å². The lowest BCUT2D eigenvalue weighted by Gasteiger charge is -2.22. The summed E-state index contributed by atoms with van der Waals surface area (Å²) in [5.74, 6) is -0.490. The van der Waals surface area contributed by atoms with Crippen LogP contribution in [0.4, 0.5) is 13.2 Å². The molecule has 1 aliphatic rings. The summed E-state index contributed by atoms with van der Waals surface area (Å²) >= 11 is 0. The zero-order chi connectivity index (χ0) is 18.9. The van der Waals surface area contributed by atoms with Gasteiger partial charge in [0, 0.05) is 5.57 Å². The number of ketones is 2. The van der Waals surface area contributed by atoms with Gasteiger partial charge in [-0.1, -0.05) is 12.1 Å². The highest BCUT2D eigenvalue weighted by Crippen LogP contribution is 2.43. The van der Waals surface area contributed by atoms with Crippen molar-refractivity contribution < 1.29 is 27.5 Å². The van der Waals surface area contributed by atoms with Crippen LogP contribution in [0.25, 0.3) is 0 Å². The van der Waals surface area contributed by atoms with E-state index < -0.39 is 23.8 Å². The van der Waals surface area contributed by atoms with E-state index in [1.807, 2.05) is 0 Å². The third-order valence-corrected chi connectivity index (χ3v) is 4.15. The second kappa shape index (κ2) is 6.86. The van der Waals surface area contributed by atoms with Crippen molar-refractivity contribution in [2.75, 3.05) is 0 Å². The largest absolute Gasteiger partial charge is 0.489 e. The van der Waals surface area contributed by atoms with E-state index in [2.05, 4.69) is 0 Å². The molecular formula is C19H19F3O3. The summed E-state index contributed by atoms with van der Waals surface area (Å²) in [5.41, 5.74) is 0.818. The van der Waals surface area contributed by atoms with Crippen LogP contribution in [0.5, 0.6) is 0 Å². The van der Waals surface area contributed by atoms with Crippen LogP contribution in [0.1, 0.15) is 44.7 Å². The Morgan fingerprint density at radius 2 is 1.64 bits per heavy atom. The molecule has 0 fully saturated rings. The number of allylic oxidation sites excluding steroid dienone is 2. The molecule has 0 radical (unpaired) electrons. The van der Waals surface area contributed by atoms with Crippen LogP contribution in [0.2, 0.25) is 0 Å². The number of alkyl halides is 3. The number of ether oxygens (including phenoxy) is 1. The lowest BCUT2D eigenvalue weighted by Crippen LogP contribution is -2.21. The summed E-state index contributed by atoms with van der Waals surface area (Å²) in [6, 6.07) is 4.68. The summed E-state index contributed by atoms with van der Waals surface area (Å²) in [6.45, 7) is 6.15. The highest BCUT2D eigenvalue weighted by Gasteiger charge is 2.40. The van der Waals surface area contributed by atoms with Crippen LogP contribution in [0.3, 0.4) is 0 Å². The maximum Gasteiger partial charge on any atom is 0.416 e. The fourth-order valence-electron chi connectivity index (χ4n) is 3.14. The molecule has 0 spiro atoms. The van der Waals surface area contributed by atoms with Gasteiger partial charge in [0.15, 0.2) is 11.6 Å². The highest BCUT2D eigenvalue weighted by molar-refractivity contribution is 5.96. The number of carbonyl (C=O) groups excluding carboxylic acids is 2. The quantitative estimate of drug-likeness (QED) is 0.745. The van der Waals surface area contributed by atoms with Gasteiger partial charge < -0.3 is 4.74 Å². The molecule has 0 saturated carbocycles. The van der Waals surface area contributed by atoms with E-state index in [1.165, 1.54) is 32.1 Å². The van der Waals surface area contributed by atoms with Crippen molar-refractivity contribution in [3.8, 4) is 0 Å². The smallest absolute Gasteiger partial charge is 0.416 e. The van der Waals surface area contributed by atoms with Gasteiger partial charge in [0.2, 0.25) is 0 Å². The summed E-state index contributed by atoms with van der Waals surface area (Å²) in [5, 5.41) is 0. The number of Topliss-reactive ketones (excluding diaryl/α,β-unsaturated/α-hetero) is 1. The number of hydrogen-bond acceptors (Lipinski definition) is 3. The van der Waals surface area contributed by atoms with E-state index in [-0.39, 0.29) is 11.6 Å². The van der Waals surface area contributed by atoms with Gasteiger partial charge in [0.05, 0.1) is 11.5 Å². The molecule has 0 aromatic heterocycles. The van der Waals surface area contributed by atoms with E-state index >= 15 is 0 Å². The van der Waals surface area contributed by atoms with Gasteiger partial charge in [0.1, 0.15) is 11.9 Å². The maximum atomic E-state index is 12.8. The molecule has 134 valence electrons. The molecule has 1 aromatic rings. The molecule has 3 nitrogen and oxygen atoms in total. The second-order valence-corrected chi connectivity index (χ2v) is 6.16. The Balaban J connectivity index is 2.50. The minimum atomic E-state index is -4.43. The Bertz CT molecular complexity index is 755. The molecule has 0 bridgehead atoms.